The number of halogens is 5. The zero-order chi connectivity index (χ0) is 19.2. The summed E-state index contributed by atoms with van der Waals surface area (Å²) in [6.45, 7) is 1.26. The first-order valence-corrected chi connectivity index (χ1v) is 9.52. The summed E-state index contributed by atoms with van der Waals surface area (Å²) >= 11 is 10.1. The van der Waals surface area contributed by atoms with E-state index in [4.69, 9.17) is 16.3 Å². The second kappa shape index (κ2) is 9.68. The van der Waals surface area contributed by atoms with Crippen molar-refractivity contribution >= 4 is 45.2 Å². The van der Waals surface area contributed by atoms with Crippen LogP contribution >= 0.6 is 39.5 Å². The minimum atomic E-state index is -4.46. The number of anilines is 1. The van der Waals surface area contributed by atoms with Crippen LogP contribution in [0.2, 0.25) is 5.02 Å². The summed E-state index contributed by atoms with van der Waals surface area (Å²) in [6, 6.07) is 5.11. The number of aromatic nitrogens is 1. The van der Waals surface area contributed by atoms with Gasteiger partial charge in [0.05, 0.1) is 12.2 Å². The van der Waals surface area contributed by atoms with E-state index >= 15 is 0 Å². The molecule has 10 heteroatoms. The van der Waals surface area contributed by atoms with Crippen LogP contribution in [-0.4, -0.2) is 25.2 Å². The highest BCUT2D eigenvalue weighted by atomic mass is 79.9. The smallest absolute Gasteiger partial charge is 0.416 e. The zero-order valence-electron chi connectivity index (χ0n) is 13.7. The van der Waals surface area contributed by atoms with Crippen LogP contribution in [0.3, 0.4) is 0 Å². The van der Waals surface area contributed by atoms with E-state index in [0.717, 1.165) is 37.0 Å². The lowest BCUT2D eigenvalue weighted by molar-refractivity contribution is -0.137. The first kappa shape index (κ1) is 21.1. The monoisotopic (exact) mass is 469 g/mol. The number of hydrogen-bond acceptors (Lipinski definition) is 5. The molecule has 26 heavy (non-hydrogen) atoms. The summed E-state index contributed by atoms with van der Waals surface area (Å²) in [5, 5.41) is 3.03. The Hall–Kier alpha value is -1.16. The number of ether oxygens (including phenoxy) is 1. The Morgan fingerprint density at radius 3 is 2.73 bits per heavy atom. The number of hydrogen-bond donors (Lipinski definition) is 2. The highest BCUT2D eigenvalue weighted by molar-refractivity contribution is 9.10. The number of nitrogens with zero attached hydrogens (tertiary/aromatic N) is 1. The average molecular weight is 471 g/mol. The molecule has 0 amide bonds. The summed E-state index contributed by atoms with van der Waals surface area (Å²) in [5.74, 6) is 0.370. The van der Waals surface area contributed by atoms with E-state index < -0.39 is 11.7 Å². The molecule has 0 spiro atoms. The lowest BCUT2D eigenvalue weighted by Gasteiger charge is -2.13. The van der Waals surface area contributed by atoms with E-state index in [0.29, 0.717) is 27.5 Å². The Labute approximate surface area is 167 Å². The first-order valence-electron chi connectivity index (χ1n) is 7.53. The molecule has 2 rings (SSSR count). The maximum Gasteiger partial charge on any atom is 0.416 e. The zero-order valence-corrected chi connectivity index (χ0v) is 16.8. The minimum Gasteiger partial charge on any atom is -0.476 e. The van der Waals surface area contributed by atoms with Gasteiger partial charge < -0.3 is 14.8 Å². The van der Waals surface area contributed by atoms with Gasteiger partial charge in [-0.05, 0) is 72.2 Å². The van der Waals surface area contributed by atoms with Gasteiger partial charge >= 0.3 is 6.18 Å². The molecule has 0 saturated heterocycles. The van der Waals surface area contributed by atoms with Crippen molar-refractivity contribution in [2.45, 2.75) is 17.5 Å². The summed E-state index contributed by atoms with van der Waals surface area (Å²) in [5.41, 5.74) is -0.257. The lowest BCUT2D eigenvalue weighted by atomic mass is 10.2. The number of nitrogens with one attached hydrogen (secondary N) is 2. The Bertz CT molecular complexity index is 749. The molecule has 1 heterocycles. The molecule has 4 nitrogen and oxygen atoms in total. The number of rotatable bonds is 8. The molecule has 0 unspecified atom stereocenters. The van der Waals surface area contributed by atoms with Crippen molar-refractivity contribution < 1.29 is 17.9 Å². The van der Waals surface area contributed by atoms with Crippen molar-refractivity contribution in [2.75, 3.05) is 24.9 Å². The van der Waals surface area contributed by atoms with Crippen molar-refractivity contribution in [2.24, 2.45) is 0 Å². The first-order chi connectivity index (χ1) is 12.3. The van der Waals surface area contributed by atoms with Crippen molar-refractivity contribution in [1.82, 2.24) is 10.3 Å². The molecular weight excluding hydrogens is 455 g/mol. The fourth-order valence-corrected chi connectivity index (χ4v) is 3.31. The SMILES string of the molecule is CNCCCOc1ncc(Br)cc1NSc1cc(Cl)cc(C(F)(F)F)c1. The largest absolute Gasteiger partial charge is 0.476 e. The van der Waals surface area contributed by atoms with Gasteiger partial charge in [-0.25, -0.2) is 4.98 Å². The van der Waals surface area contributed by atoms with Crippen LogP contribution in [0.15, 0.2) is 39.8 Å². The van der Waals surface area contributed by atoms with Gasteiger partial charge in [0, 0.05) is 20.6 Å². The van der Waals surface area contributed by atoms with Gasteiger partial charge in [0.25, 0.3) is 0 Å². The van der Waals surface area contributed by atoms with Crippen LogP contribution in [-0.2, 0) is 6.18 Å². The van der Waals surface area contributed by atoms with Gasteiger partial charge in [0.2, 0.25) is 5.88 Å². The predicted molar refractivity (Wildman–Crippen MR) is 102 cm³/mol. The summed E-state index contributed by atoms with van der Waals surface area (Å²) in [4.78, 5) is 4.52. The number of alkyl halides is 3. The Kier molecular flexibility index (Phi) is 7.87. The van der Waals surface area contributed by atoms with Crippen LogP contribution in [0.1, 0.15) is 12.0 Å². The molecule has 1 aromatic carbocycles. The molecule has 0 saturated carbocycles. The van der Waals surface area contributed by atoms with Crippen molar-refractivity contribution in [3.8, 4) is 5.88 Å². The maximum atomic E-state index is 12.9. The topological polar surface area (TPSA) is 46.2 Å². The van der Waals surface area contributed by atoms with E-state index in [-0.39, 0.29) is 5.02 Å². The standard InChI is InChI=1S/C16H16BrClF3N3OS/c1-22-3-2-4-25-15-14(7-11(17)9-23-15)24-26-13-6-10(16(19,20)21)5-12(18)8-13/h5-9,22,24H,2-4H2,1H3. The molecule has 1 aromatic heterocycles. The molecule has 0 aliphatic carbocycles. The third-order valence-electron chi connectivity index (χ3n) is 3.11. The van der Waals surface area contributed by atoms with Crippen LogP contribution in [0, 0.1) is 0 Å². The molecule has 2 N–H and O–H groups in total. The fraction of sp³-hybridized carbons (Fsp3) is 0.312. The van der Waals surface area contributed by atoms with Gasteiger partial charge in [-0.15, -0.1) is 0 Å². The van der Waals surface area contributed by atoms with Crippen molar-refractivity contribution in [3.63, 3.8) is 0 Å². The van der Waals surface area contributed by atoms with Gasteiger partial charge in [0.15, 0.2) is 0 Å². The van der Waals surface area contributed by atoms with Crippen LogP contribution in [0.5, 0.6) is 5.88 Å². The predicted octanol–water partition coefficient (Wildman–Crippen LogP) is 5.62. The highest BCUT2D eigenvalue weighted by Crippen LogP contribution is 2.36. The normalized spacial score (nSPS) is 11.5. The third kappa shape index (κ3) is 6.53. The molecule has 0 bridgehead atoms. The van der Waals surface area contributed by atoms with E-state index in [2.05, 4.69) is 31.0 Å². The molecule has 142 valence electrons. The summed E-state index contributed by atoms with van der Waals surface area (Å²) in [6.07, 6.45) is -2.08. The molecule has 0 aliphatic heterocycles. The Balaban J connectivity index is 2.11. The summed E-state index contributed by atoms with van der Waals surface area (Å²) < 4.78 is 48.0. The maximum absolute atomic E-state index is 12.9. The molecule has 0 aliphatic rings. The second-order valence-corrected chi connectivity index (χ2v) is 7.42. The lowest BCUT2D eigenvalue weighted by Crippen LogP contribution is -2.12. The quantitative estimate of drug-likeness (QED) is 0.387. The molecule has 0 fully saturated rings. The molecule has 0 atom stereocenters. The van der Waals surface area contributed by atoms with Crippen LogP contribution in [0.4, 0.5) is 18.9 Å². The van der Waals surface area contributed by atoms with Crippen LogP contribution < -0.4 is 14.8 Å². The van der Waals surface area contributed by atoms with Gasteiger partial charge in [0.1, 0.15) is 5.69 Å². The highest BCUT2D eigenvalue weighted by Gasteiger charge is 2.31. The number of pyridine rings is 1. The van der Waals surface area contributed by atoms with E-state index in [1.807, 2.05) is 7.05 Å². The Morgan fingerprint density at radius 1 is 1.27 bits per heavy atom. The number of benzene rings is 1. The van der Waals surface area contributed by atoms with E-state index in [9.17, 15) is 13.2 Å². The van der Waals surface area contributed by atoms with Gasteiger partial charge in [-0.1, -0.05) is 11.6 Å². The van der Waals surface area contributed by atoms with E-state index in [1.165, 1.54) is 6.07 Å². The minimum absolute atomic E-state index is 0.0139. The summed E-state index contributed by atoms with van der Waals surface area (Å²) in [7, 11) is 1.85. The van der Waals surface area contributed by atoms with E-state index in [1.54, 1.807) is 12.3 Å². The Morgan fingerprint density at radius 2 is 2.04 bits per heavy atom. The van der Waals surface area contributed by atoms with Gasteiger partial charge in [-0.3, -0.25) is 0 Å². The molecular formula is C16H16BrClF3N3OS. The van der Waals surface area contributed by atoms with Gasteiger partial charge in [-0.2, -0.15) is 13.2 Å². The molecule has 2 aromatic rings. The van der Waals surface area contributed by atoms with Crippen molar-refractivity contribution in [1.29, 1.82) is 0 Å². The second-order valence-electron chi connectivity index (χ2n) is 5.19. The fourth-order valence-electron chi connectivity index (χ4n) is 1.93. The third-order valence-corrected chi connectivity index (χ3v) is 4.55. The average Bonchev–Trinajstić information content (AvgIpc) is 2.57. The van der Waals surface area contributed by atoms with Crippen LogP contribution in [0.25, 0.3) is 0 Å². The molecule has 0 radical (unpaired) electrons. The van der Waals surface area contributed by atoms with Crippen molar-refractivity contribution in [3.05, 3.63) is 45.5 Å².